The van der Waals surface area contributed by atoms with E-state index in [-0.39, 0.29) is 0 Å². The van der Waals surface area contributed by atoms with Crippen molar-refractivity contribution < 1.29 is 0 Å². The molecule has 0 radical (unpaired) electrons. The molecule has 3 N–H and O–H groups in total. The monoisotopic (exact) mass is 185 g/mol. The van der Waals surface area contributed by atoms with Crippen LogP contribution in [0, 0.1) is 5.92 Å². The van der Waals surface area contributed by atoms with Crippen LogP contribution in [0.2, 0.25) is 0 Å². The van der Waals surface area contributed by atoms with Crippen LogP contribution < -0.4 is 11.1 Å². The number of nitrogens with zero attached hydrogens (tertiary/aromatic N) is 1. The maximum Gasteiger partial charge on any atom is 0.0107 e. The molecule has 1 rings (SSSR count). The van der Waals surface area contributed by atoms with Crippen molar-refractivity contribution in [3.63, 3.8) is 0 Å². The summed E-state index contributed by atoms with van der Waals surface area (Å²) in [6, 6.07) is 0. The maximum atomic E-state index is 5.67. The maximum absolute atomic E-state index is 5.67. The van der Waals surface area contributed by atoms with Gasteiger partial charge in [-0.3, -0.25) is 0 Å². The second-order valence-electron chi connectivity index (χ2n) is 3.89. The minimum Gasteiger partial charge on any atom is -0.330 e. The van der Waals surface area contributed by atoms with E-state index in [1.807, 2.05) is 0 Å². The van der Waals surface area contributed by atoms with Gasteiger partial charge in [0.25, 0.3) is 0 Å². The fourth-order valence-corrected chi connectivity index (χ4v) is 1.79. The highest BCUT2D eigenvalue weighted by Crippen LogP contribution is 2.07. The first-order chi connectivity index (χ1) is 6.36. The lowest BCUT2D eigenvalue weighted by Gasteiger charge is -2.28. The highest BCUT2D eigenvalue weighted by Gasteiger charge is 2.11. The summed E-state index contributed by atoms with van der Waals surface area (Å²) >= 11 is 0. The Morgan fingerprint density at radius 3 is 2.62 bits per heavy atom. The zero-order valence-corrected chi connectivity index (χ0v) is 8.76. The Hall–Kier alpha value is -0.120. The molecule has 13 heavy (non-hydrogen) atoms. The first-order valence-electron chi connectivity index (χ1n) is 5.50. The van der Waals surface area contributed by atoms with E-state index >= 15 is 0 Å². The summed E-state index contributed by atoms with van der Waals surface area (Å²) in [4.78, 5) is 2.54. The molecule has 3 heteroatoms. The molecule has 1 aliphatic heterocycles. The van der Waals surface area contributed by atoms with Gasteiger partial charge in [0, 0.05) is 26.2 Å². The van der Waals surface area contributed by atoms with Crippen LogP contribution in [0.1, 0.15) is 19.8 Å². The molecule has 1 atom stereocenters. The lowest BCUT2D eigenvalue weighted by molar-refractivity contribution is 0.223. The van der Waals surface area contributed by atoms with Gasteiger partial charge >= 0.3 is 0 Å². The molecule has 0 aromatic carbocycles. The minimum absolute atomic E-state index is 0.731. The molecule has 0 spiro atoms. The number of nitrogens with one attached hydrogen (secondary N) is 1. The average Bonchev–Trinajstić information content (AvgIpc) is 2.21. The summed E-state index contributed by atoms with van der Waals surface area (Å²) in [5, 5.41) is 3.36. The van der Waals surface area contributed by atoms with E-state index in [0.29, 0.717) is 0 Å². The van der Waals surface area contributed by atoms with E-state index < -0.39 is 0 Å². The SMILES string of the molecule is CCC(CN)CCN1CCNCC1. The highest BCUT2D eigenvalue weighted by molar-refractivity contribution is 4.69. The average molecular weight is 185 g/mol. The van der Waals surface area contributed by atoms with Crippen molar-refractivity contribution in [2.75, 3.05) is 39.3 Å². The molecule has 0 saturated carbocycles. The Morgan fingerprint density at radius 2 is 2.08 bits per heavy atom. The van der Waals surface area contributed by atoms with Crippen LogP contribution in [-0.4, -0.2) is 44.2 Å². The fraction of sp³-hybridized carbons (Fsp3) is 1.00. The Labute approximate surface area is 81.7 Å². The second-order valence-corrected chi connectivity index (χ2v) is 3.89. The molecule has 0 aromatic heterocycles. The molecule has 78 valence electrons. The lowest BCUT2D eigenvalue weighted by Crippen LogP contribution is -2.44. The van der Waals surface area contributed by atoms with Crippen molar-refractivity contribution in [3.8, 4) is 0 Å². The van der Waals surface area contributed by atoms with Gasteiger partial charge in [-0.05, 0) is 25.4 Å². The van der Waals surface area contributed by atoms with Gasteiger partial charge in [-0.15, -0.1) is 0 Å². The van der Waals surface area contributed by atoms with Crippen LogP contribution in [0.15, 0.2) is 0 Å². The molecule has 1 aliphatic rings. The molecular weight excluding hydrogens is 162 g/mol. The van der Waals surface area contributed by atoms with Crippen molar-refractivity contribution >= 4 is 0 Å². The first-order valence-corrected chi connectivity index (χ1v) is 5.50. The van der Waals surface area contributed by atoms with Gasteiger partial charge in [0.1, 0.15) is 0 Å². The van der Waals surface area contributed by atoms with E-state index in [1.165, 1.54) is 32.5 Å². The lowest BCUT2D eigenvalue weighted by atomic mass is 10.0. The summed E-state index contributed by atoms with van der Waals surface area (Å²) < 4.78 is 0. The Balaban J connectivity index is 2.09. The predicted octanol–water partition coefficient (Wildman–Crippen LogP) is 0.267. The third-order valence-corrected chi connectivity index (χ3v) is 2.97. The minimum atomic E-state index is 0.731. The molecular formula is C10H23N3. The number of nitrogens with two attached hydrogens (primary N) is 1. The van der Waals surface area contributed by atoms with Crippen molar-refractivity contribution in [3.05, 3.63) is 0 Å². The third-order valence-electron chi connectivity index (χ3n) is 2.97. The molecule has 3 nitrogen and oxygen atoms in total. The van der Waals surface area contributed by atoms with Gasteiger partial charge < -0.3 is 16.0 Å². The second kappa shape index (κ2) is 6.35. The quantitative estimate of drug-likeness (QED) is 0.646. The smallest absolute Gasteiger partial charge is 0.0107 e. The molecule has 1 saturated heterocycles. The van der Waals surface area contributed by atoms with Crippen LogP contribution in [0.5, 0.6) is 0 Å². The Morgan fingerprint density at radius 1 is 1.38 bits per heavy atom. The van der Waals surface area contributed by atoms with E-state index in [0.717, 1.165) is 25.6 Å². The normalized spacial score (nSPS) is 21.7. The van der Waals surface area contributed by atoms with Crippen LogP contribution in [0.4, 0.5) is 0 Å². The zero-order chi connectivity index (χ0) is 9.52. The molecule has 1 unspecified atom stereocenters. The summed E-state index contributed by atoms with van der Waals surface area (Å²) in [6.45, 7) is 9.04. The molecule has 0 amide bonds. The Bertz CT molecular complexity index is 117. The third kappa shape index (κ3) is 4.07. The van der Waals surface area contributed by atoms with Crippen molar-refractivity contribution in [2.45, 2.75) is 19.8 Å². The number of rotatable bonds is 5. The van der Waals surface area contributed by atoms with E-state index in [9.17, 15) is 0 Å². The summed E-state index contributed by atoms with van der Waals surface area (Å²) in [7, 11) is 0. The van der Waals surface area contributed by atoms with E-state index in [4.69, 9.17) is 5.73 Å². The summed E-state index contributed by atoms with van der Waals surface area (Å²) in [6.07, 6.45) is 2.50. The van der Waals surface area contributed by atoms with Crippen molar-refractivity contribution in [1.82, 2.24) is 10.2 Å². The number of hydrogen-bond donors (Lipinski definition) is 2. The Kier molecular flexibility index (Phi) is 5.35. The van der Waals surface area contributed by atoms with Crippen LogP contribution in [-0.2, 0) is 0 Å². The number of hydrogen-bond acceptors (Lipinski definition) is 3. The molecule has 1 heterocycles. The highest BCUT2D eigenvalue weighted by atomic mass is 15.2. The fourth-order valence-electron chi connectivity index (χ4n) is 1.79. The summed E-state index contributed by atoms with van der Waals surface area (Å²) in [5.74, 6) is 0.731. The zero-order valence-electron chi connectivity index (χ0n) is 8.76. The van der Waals surface area contributed by atoms with Crippen molar-refractivity contribution in [2.24, 2.45) is 11.7 Å². The van der Waals surface area contributed by atoms with Crippen LogP contribution in [0.25, 0.3) is 0 Å². The van der Waals surface area contributed by atoms with Crippen LogP contribution in [0.3, 0.4) is 0 Å². The first kappa shape index (κ1) is 11.0. The molecule has 0 aliphatic carbocycles. The largest absolute Gasteiger partial charge is 0.330 e. The molecule has 0 aromatic rings. The molecule has 1 fully saturated rings. The van der Waals surface area contributed by atoms with Gasteiger partial charge in [0.15, 0.2) is 0 Å². The van der Waals surface area contributed by atoms with E-state index in [2.05, 4.69) is 17.1 Å². The van der Waals surface area contributed by atoms with Crippen LogP contribution >= 0.6 is 0 Å². The van der Waals surface area contributed by atoms with Gasteiger partial charge in [0.05, 0.1) is 0 Å². The number of piperazine rings is 1. The standard InChI is InChI=1S/C10H23N3/c1-2-10(9-11)3-6-13-7-4-12-5-8-13/h10,12H,2-9,11H2,1H3. The van der Waals surface area contributed by atoms with Gasteiger partial charge in [-0.1, -0.05) is 13.3 Å². The van der Waals surface area contributed by atoms with Gasteiger partial charge in [-0.25, -0.2) is 0 Å². The summed E-state index contributed by atoms with van der Waals surface area (Å²) in [5.41, 5.74) is 5.67. The topological polar surface area (TPSA) is 41.3 Å². The van der Waals surface area contributed by atoms with Crippen molar-refractivity contribution in [1.29, 1.82) is 0 Å². The van der Waals surface area contributed by atoms with E-state index in [1.54, 1.807) is 0 Å². The molecule has 0 bridgehead atoms. The predicted molar refractivity (Wildman–Crippen MR) is 56.8 cm³/mol. The van der Waals surface area contributed by atoms with Gasteiger partial charge in [0.2, 0.25) is 0 Å². The van der Waals surface area contributed by atoms with Gasteiger partial charge in [-0.2, -0.15) is 0 Å².